The maximum atomic E-state index is 12.1. The van der Waals surface area contributed by atoms with Crippen LogP contribution in [0.1, 0.15) is 55.4 Å². The van der Waals surface area contributed by atoms with E-state index in [0.29, 0.717) is 11.5 Å². The Labute approximate surface area is 295 Å². The van der Waals surface area contributed by atoms with Crippen molar-refractivity contribution in [2.75, 3.05) is 24.6 Å². The van der Waals surface area contributed by atoms with Gasteiger partial charge in [0.05, 0.1) is 34.2 Å². The van der Waals surface area contributed by atoms with Crippen molar-refractivity contribution in [3.8, 4) is 0 Å². The molecule has 2 aromatic rings. The number of benzene rings is 2. The van der Waals surface area contributed by atoms with Gasteiger partial charge in [-0.25, -0.2) is 26.3 Å². The summed E-state index contributed by atoms with van der Waals surface area (Å²) in [5.74, 6) is 0.978. The van der Waals surface area contributed by atoms with Crippen molar-refractivity contribution >= 4 is 77.8 Å². The summed E-state index contributed by atoms with van der Waals surface area (Å²) < 4.78 is 76.6. The Kier molecular flexibility index (Phi) is 20.5. The van der Waals surface area contributed by atoms with E-state index in [4.69, 9.17) is 41.7 Å². The third kappa shape index (κ3) is 18.7. The molecule has 2 N–H and O–H groups in total. The maximum absolute atomic E-state index is 12.1. The van der Waals surface area contributed by atoms with E-state index in [9.17, 15) is 16.8 Å². The Balaban J connectivity index is 0.000000460. The first-order chi connectivity index (χ1) is 21.3. The van der Waals surface area contributed by atoms with E-state index in [1.165, 1.54) is 22.8 Å². The Morgan fingerprint density at radius 1 is 0.565 bits per heavy atom. The van der Waals surface area contributed by atoms with Gasteiger partial charge in [-0.15, -0.1) is 0 Å². The summed E-state index contributed by atoms with van der Waals surface area (Å²) in [5.41, 5.74) is -4.94. The predicted octanol–water partition coefficient (Wildman–Crippen LogP) is 7.55. The first-order valence-corrected chi connectivity index (χ1v) is 26.0. The molecule has 0 heterocycles. The highest BCUT2D eigenvalue weighted by Crippen LogP contribution is 2.63. The van der Waals surface area contributed by atoms with Crippen LogP contribution in [-0.4, -0.2) is 65.8 Å². The van der Waals surface area contributed by atoms with Crippen LogP contribution in [0.2, 0.25) is 0 Å². The van der Waals surface area contributed by atoms with E-state index in [1.807, 2.05) is 55.4 Å². The van der Waals surface area contributed by atoms with Gasteiger partial charge < -0.3 is 18.1 Å². The van der Waals surface area contributed by atoms with E-state index in [0.717, 1.165) is 0 Å². The number of hydrogen-bond acceptors (Lipinski definition) is 12. The highest BCUT2D eigenvalue weighted by atomic mass is 32.9. The standard InChI is InChI=1S/2C14H24NO4PS3/c2*1-12(2)18-20(21,19-13(3)4)22-11-10-15-23(16,17)14-8-6-5-7-9-14/h2*5-9,12-13,15H,10-11H2,1-4H3. The minimum absolute atomic E-state index is 0.0342. The Morgan fingerprint density at radius 3 is 1.07 bits per heavy atom. The third-order valence-corrected chi connectivity index (χ3v) is 18.8. The summed E-state index contributed by atoms with van der Waals surface area (Å²) in [6.45, 7) is 15.8. The molecule has 0 fully saturated rings. The number of hydrogen-bond donors (Lipinski definition) is 2. The lowest BCUT2D eigenvalue weighted by Gasteiger charge is -2.25. The van der Waals surface area contributed by atoms with Crippen molar-refractivity contribution in [1.82, 2.24) is 9.44 Å². The van der Waals surface area contributed by atoms with Gasteiger partial charge in [0.2, 0.25) is 31.4 Å². The van der Waals surface area contributed by atoms with E-state index < -0.39 is 31.4 Å². The van der Waals surface area contributed by atoms with Crippen molar-refractivity contribution < 1.29 is 34.9 Å². The maximum Gasteiger partial charge on any atom is 0.247 e. The monoisotopic (exact) mass is 794 g/mol. The Morgan fingerprint density at radius 2 is 0.826 bits per heavy atom. The molecule has 0 amide bonds. The van der Waals surface area contributed by atoms with Gasteiger partial charge in [0, 0.05) is 24.6 Å². The van der Waals surface area contributed by atoms with Crippen LogP contribution in [0.3, 0.4) is 0 Å². The topological polar surface area (TPSA) is 129 Å². The molecule has 0 atom stereocenters. The van der Waals surface area contributed by atoms with Gasteiger partial charge >= 0.3 is 0 Å². The second-order valence-corrected chi connectivity index (χ2v) is 26.8. The van der Waals surface area contributed by atoms with Gasteiger partial charge in [0.25, 0.3) is 0 Å². The first kappa shape index (κ1) is 44.1. The van der Waals surface area contributed by atoms with Crippen LogP contribution in [0, 0.1) is 0 Å². The highest BCUT2D eigenvalue weighted by molar-refractivity contribution is 8.68. The molecule has 0 saturated carbocycles. The molecule has 0 unspecified atom stereocenters. The molecule has 0 radical (unpaired) electrons. The van der Waals surface area contributed by atoms with Crippen LogP contribution in [0.25, 0.3) is 0 Å². The molecular weight excluding hydrogens is 747 g/mol. The lowest BCUT2D eigenvalue weighted by molar-refractivity contribution is 0.185. The van der Waals surface area contributed by atoms with E-state index in [2.05, 4.69) is 9.44 Å². The molecule has 10 nitrogen and oxygen atoms in total. The summed E-state index contributed by atoms with van der Waals surface area (Å²) in [6, 6.07) is 16.5. The lowest BCUT2D eigenvalue weighted by atomic mass is 10.4. The molecule has 0 spiro atoms. The molecule has 18 heteroatoms. The van der Waals surface area contributed by atoms with Crippen LogP contribution in [0.4, 0.5) is 0 Å². The summed E-state index contributed by atoms with van der Waals surface area (Å²) >= 11 is 13.8. The number of nitrogens with one attached hydrogen (secondary N) is 2. The largest absolute Gasteiger partial charge is 0.319 e. The molecule has 46 heavy (non-hydrogen) atoms. The second kappa shape index (κ2) is 21.3. The van der Waals surface area contributed by atoms with Gasteiger partial charge in [-0.1, -0.05) is 59.2 Å². The van der Waals surface area contributed by atoms with Crippen LogP contribution in [0.15, 0.2) is 70.5 Å². The van der Waals surface area contributed by atoms with Gasteiger partial charge in [-0.2, -0.15) is 0 Å². The number of rotatable bonds is 20. The summed E-state index contributed by atoms with van der Waals surface area (Å²) in [6.07, 6.45) is -0.137. The van der Waals surface area contributed by atoms with Crippen molar-refractivity contribution in [2.24, 2.45) is 0 Å². The molecule has 0 saturated heterocycles. The van der Waals surface area contributed by atoms with Gasteiger partial charge in [-0.05, 0) is 103 Å². The number of sulfonamides is 2. The van der Waals surface area contributed by atoms with E-state index in [1.54, 1.807) is 60.7 Å². The molecule has 264 valence electrons. The summed E-state index contributed by atoms with van der Waals surface area (Å²) in [4.78, 5) is 0.502. The normalized spacial score (nSPS) is 13.0. The third-order valence-electron chi connectivity index (χ3n) is 4.75. The zero-order valence-corrected chi connectivity index (χ0v) is 34.2. The quantitative estimate of drug-likeness (QED) is 0.102. The fraction of sp³-hybridized carbons (Fsp3) is 0.571. The molecular formula is C28H48N2O8P2S6. The SMILES string of the molecule is CC(C)OP(=S)(OC(C)C)SCCNS(=O)(=O)c1ccccc1.CC(C)OP(=S)(OC(C)C)SCCNS(=O)(=O)c1ccccc1. The molecule has 2 aromatic carbocycles. The highest BCUT2D eigenvalue weighted by Gasteiger charge is 2.25. The van der Waals surface area contributed by atoms with Gasteiger partial charge in [0.15, 0.2) is 0 Å². The predicted molar refractivity (Wildman–Crippen MR) is 202 cm³/mol. The lowest BCUT2D eigenvalue weighted by Crippen LogP contribution is -2.26. The Hall–Kier alpha value is 0.1000. The average Bonchev–Trinajstić information content (AvgIpc) is 2.93. The fourth-order valence-corrected chi connectivity index (χ4v) is 16.9. The Bertz CT molecular complexity index is 1320. The zero-order chi connectivity index (χ0) is 35.0. The minimum Gasteiger partial charge on any atom is -0.319 e. The average molecular weight is 795 g/mol. The van der Waals surface area contributed by atoms with Crippen molar-refractivity contribution in [2.45, 2.75) is 89.6 Å². The van der Waals surface area contributed by atoms with Crippen molar-refractivity contribution in [1.29, 1.82) is 0 Å². The molecule has 0 bridgehead atoms. The zero-order valence-electron chi connectivity index (χ0n) is 27.5. The molecule has 0 aliphatic carbocycles. The smallest absolute Gasteiger partial charge is 0.247 e. The van der Waals surface area contributed by atoms with Crippen LogP contribution < -0.4 is 9.44 Å². The van der Waals surface area contributed by atoms with Crippen LogP contribution in [0.5, 0.6) is 0 Å². The molecule has 0 aliphatic rings. The van der Waals surface area contributed by atoms with Crippen LogP contribution >= 0.6 is 34.2 Å². The van der Waals surface area contributed by atoms with Crippen molar-refractivity contribution in [3.05, 3.63) is 60.7 Å². The summed E-state index contributed by atoms with van der Waals surface area (Å²) in [5, 5.41) is 0. The van der Waals surface area contributed by atoms with Gasteiger partial charge in [0.1, 0.15) is 0 Å². The van der Waals surface area contributed by atoms with Crippen LogP contribution in [-0.2, 0) is 61.8 Å². The summed E-state index contributed by atoms with van der Waals surface area (Å²) in [7, 11) is -6.98. The fourth-order valence-electron chi connectivity index (χ4n) is 3.24. The van der Waals surface area contributed by atoms with Gasteiger partial charge in [-0.3, -0.25) is 0 Å². The second-order valence-electron chi connectivity index (χ2n) is 10.6. The van der Waals surface area contributed by atoms with Crippen molar-refractivity contribution in [3.63, 3.8) is 0 Å². The minimum atomic E-state index is -3.49. The first-order valence-electron chi connectivity index (χ1n) is 14.6. The van der Waals surface area contributed by atoms with E-state index in [-0.39, 0.29) is 47.3 Å². The van der Waals surface area contributed by atoms with E-state index >= 15 is 0 Å². The molecule has 2 rings (SSSR count). The molecule has 0 aliphatic heterocycles. The molecule has 0 aromatic heterocycles.